The molecule has 4 aromatic carbocycles. The van der Waals surface area contributed by atoms with Crippen LogP contribution in [-0.2, 0) is 8.85 Å². The number of aliphatic hydroxyl groups excluding tert-OH is 1. The Labute approximate surface area is 382 Å². The van der Waals surface area contributed by atoms with Gasteiger partial charge in [0.1, 0.15) is 0 Å². The summed E-state index contributed by atoms with van der Waals surface area (Å²) in [6, 6.07) is 43.6. The second-order valence-electron chi connectivity index (χ2n) is 18.7. The number of hydrogen-bond donors (Lipinski definition) is 1. The van der Waals surface area contributed by atoms with Gasteiger partial charge in [-0.15, -0.1) is 23.7 Å². The van der Waals surface area contributed by atoms with Crippen molar-refractivity contribution >= 4 is 37.4 Å². The molecule has 0 bridgehead atoms. The summed E-state index contributed by atoms with van der Waals surface area (Å²) in [5.41, 5.74) is 0. The average Bonchev–Trinajstić information content (AvgIpc) is 3.27. The molecular weight excluding hydrogens is 789 g/mol. The maximum atomic E-state index is 8.78. The summed E-state index contributed by atoms with van der Waals surface area (Å²) < 4.78 is 13.9. The summed E-state index contributed by atoms with van der Waals surface area (Å²) in [7, 11) is -4.76. The van der Waals surface area contributed by atoms with Gasteiger partial charge in [-0.2, -0.15) is 0 Å². The average molecular weight is 871 g/mol. The van der Waals surface area contributed by atoms with Crippen LogP contribution in [0.2, 0.25) is 10.1 Å². The fourth-order valence-corrected chi connectivity index (χ4v) is 17.7. The van der Waals surface area contributed by atoms with Crippen LogP contribution in [0.5, 0.6) is 0 Å². The van der Waals surface area contributed by atoms with Crippen LogP contribution < -0.4 is 20.7 Å². The number of rotatable bonds is 24. The van der Waals surface area contributed by atoms with E-state index in [0.29, 0.717) is 0 Å². The van der Waals surface area contributed by atoms with Crippen LogP contribution in [0.4, 0.5) is 0 Å². The highest BCUT2D eigenvalue weighted by molar-refractivity contribution is 7.00. The number of benzene rings is 4. The first-order chi connectivity index (χ1) is 30.0. The molecule has 4 aromatic rings. The standard InChI is InChI=1S/C29H42OSi.C28H40O2Si/c1-5-6-7-8-9-10-11-12-13-14-21-26-30-31(29(2,3)4,27-22-17-15-18-23-27)28-24-19-16-20-25-28;1-28(2,3)31(26-20-14-12-15-21-26,27-22-16-13-17-23-27)30-25-19-11-9-7-5-4-6-8-10-18-24-29/h15-20,22-25H,5-8,11-14,21,26H2,1-4H3;12-17,20-23,29H,5,7-11,18-19,24-25H2,1-3H3. The first kappa shape index (κ1) is 52.7. The number of hydrogen-bond acceptors (Lipinski definition) is 3. The molecule has 0 aliphatic carbocycles. The van der Waals surface area contributed by atoms with Crippen molar-refractivity contribution < 1.29 is 14.0 Å². The summed E-state index contributed by atoms with van der Waals surface area (Å²) in [6.07, 6.45) is 19.1. The molecule has 0 heterocycles. The molecule has 0 fully saturated rings. The quantitative estimate of drug-likeness (QED) is 0.0433. The highest BCUT2D eigenvalue weighted by Crippen LogP contribution is 2.38. The van der Waals surface area contributed by atoms with E-state index in [0.717, 1.165) is 71.0 Å². The predicted octanol–water partition coefficient (Wildman–Crippen LogP) is 12.8. The van der Waals surface area contributed by atoms with Crippen molar-refractivity contribution in [2.45, 2.75) is 168 Å². The van der Waals surface area contributed by atoms with Gasteiger partial charge in [0, 0.05) is 45.5 Å². The van der Waals surface area contributed by atoms with Crippen LogP contribution >= 0.6 is 0 Å². The summed E-state index contributed by atoms with van der Waals surface area (Å²) in [6.45, 7) is 18.2. The predicted molar refractivity (Wildman–Crippen MR) is 274 cm³/mol. The molecule has 0 amide bonds. The Bertz CT molecular complexity index is 1620. The van der Waals surface area contributed by atoms with Gasteiger partial charge in [-0.25, -0.2) is 0 Å². The van der Waals surface area contributed by atoms with Gasteiger partial charge in [-0.05, 0) is 75.8 Å². The van der Waals surface area contributed by atoms with Crippen molar-refractivity contribution in [1.82, 2.24) is 0 Å². The molecule has 0 unspecified atom stereocenters. The lowest BCUT2D eigenvalue weighted by Gasteiger charge is -2.43. The van der Waals surface area contributed by atoms with Crippen LogP contribution in [0.15, 0.2) is 121 Å². The van der Waals surface area contributed by atoms with E-state index < -0.39 is 16.6 Å². The summed E-state index contributed by atoms with van der Waals surface area (Å²) >= 11 is 0. The van der Waals surface area contributed by atoms with E-state index in [9.17, 15) is 0 Å². The molecule has 1 N–H and O–H groups in total. The van der Waals surface area contributed by atoms with Gasteiger partial charge in [-0.3, -0.25) is 0 Å². The summed E-state index contributed by atoms with van der Waals surface area (Å²) in [5.74, 6) is 13.2. The van der Waals surface area contributed by atoms with Crippen LogP contribution in [0.1, 0.15) is 158 Å². The van der Waals surface area contributed by atoms with Gasteiger partial charge in [0.25, 0.3) is 16.6 Å². The topological polar surface area (TPSA) is 38.7 Å². The Morgan fingerprint density at radius 3 is 0.935 bits per heavy atom. The van der Waals surface area contributed by atoms with Crippen molar-refractivity contribution in [2.24, 2.45) is 0 Å². The molecule has 0 aliphatic heterocycles. The van der Waals surface area contributed by atoms with Crippen molar-refractivity contribution in [3.8, 4) is 23.7 Å². The van der Waals surface area contributed by atoms with Crippen LogP contribution in [-0.4, -0.2) is 41.6 Å². The maximum absolute atomic E-state index is 8.78. The lowest BCUT2D eigenvalue weighted by Crippen LogP contribution is -2.66. The van der Waals surface area contributed by atoms with Gasteiger partial charge in [-0.1, -0.05) is 208 Å². The Kier molecular flexibility index (Phi) is 25.2. The third kappa shape index (κ3) is 17.1. The summed E-state index contributed by atoms with van der Waals surface area (Å²) in [4.78, 5) is 0. The first-order valence-electron chi connectivity index (χ1n) is 24.1. The zero-order valence-electron chi connectivity index (χ0n) is 40.0. The zero-order valence-corrected chi connectivity index (χ0v) is 42.0. The molecule has 0 saturated carbocycles. The first-order valence-corrected chi connectivity index (χ1v) is 27.9. The lowest BCUT2D eigenvalue weighted by molar-refractivity contribution is 0.285. The lowest BCUT2D eigenvalue weighted by atomic mass is 10.1. The molecule has 5 heteroatoms. The normalized spacial score (nSPS) is 11.7. The van der Waals surface area contributed by atoms with Crippen molar-refractivity contribution in [2.75, 3.05) is 19.8 Å². The molecule has 336 valence electrons. The molecule has 0 radical (unpaired) electrons. The molecule has 0 spiro atoms. The Balaban J connectivity index is 0.000000330. The smallest absolute Gasteiger partial charge is 0.261 e. The largest absolute Gasteiger partial charge is 0.407 e. The Morgan fingerprint density at radius 2 is 0.661 bits per heavy atom. The third-order valence-electron chi connectivity index (χ3n) is 11.7. The minimum Gasteiger partial charge on any atom is -0.407 e. The molecule has 0 aliphatic rings. The molecule has 0 saturated heterocycles. The minimum atomic E-state index is -2.39. The van der Waals surface area contributed by atoms with E-state index in [1.165, 1.54) is 72.1 Å². The fraction of sp³-hybridized carbons (Fsp3) is 0.509. The van der Waals surface area contributed by atoms with Crippen molar-refractivity contribution in [3.05, 3.63) is 121 Å². The van der Waals surface area contributed by atoms with Crippen LogP contribution in [0, 0.1) is 23.7 Å². The van der Waals surface area contributed by atoms with Gasteiger partial charge in [0.05, 0.1) is 0 Å². The highest BCUT2D eigenvalue weighted by atomic mass is 28.4. The molecule has 0 atom stereocenters. The summed E-state index contributed by atoms with van der Waals surface area (Å²) in [5, 5.41) is 14.3. The number of unbranched alkanes of at least 4 members (excludes halogenated alkanes) is 13. The van der Waals surface area contributed by atoms with Gasteiger partial charge < -0.3 is 14.0 Å². The molecule has 4 rings (SSSR count). The monoisotopic (exact) mass is 871 g/mol. The van der Waals surface area contributed by atoms with E-state index in [4.69, 9.17) is 14.0 Å². The van der Waals surface area contributed by atoms with E-state index in [1.807, 2.05) is 0 Å². The molecule has 3 nitrogen and oxygen atoms in total. The maximum Gasteiger partial charge on any atom is 0.261 e. The van der Waals surface area contributed by atoms with E-state index in [1.54, 1.807) is 0 Å². The highest BCUT2D eigenvalue weighted by Gasteiger charge is 2.51. The molecule has 0 aromatic heterocycles. The van der Waals surface area contributed by atoms with E-state index in [2.05, 4.69) is 193 Å². The third-order valence-corrected chi connectivity index (χ3v) is 21.8. The van der Waals surface area contributed by atoms with Crippen LogP contribution in [0.3, 0.4) is 0 Å². The minimum absolute atomic E-state index is 0.0430. The van der Waals surface area contributed by atoms with Gasteiger partial charge in [0.15, 0.2) is 0 Å². The Hall–Kier alpha value is -3.69. The molecule has 62 heavy (non-hydrogen) atoms. The number of aliphatic hydroxyl groups is 1. The second-order valence-corrected chi connectivity index (χ2v) is 27.3. The van der Waals surface area contributed by atoms with E-state index in [-0.39, 0.29) is 16.7 Å². The van der Waals surface area contributed by atoms with Crippen molar-refractivity contribution in [3.63, 3.8) is 0 Å². The SMILES string of the molecule is CC(C)(C)[Si](OCCCCCCC#CCCCCO)(c1ccccc1)c1ccccc1.CCCCCC#CCCCCCCO[Si](c1ccccc1)(c1ccccc1)C(C)(C)C. The second kappa shape index (κ2) is 29.6. The fourth-order valence-electron chi connectivity index (χ4n) is 8.45. The zero-order chi connectivity index (χ0) is 44.8. The Morgan fingerprint density at radius 1 is 0.387 bits per heavy atom. The van der Waals surface area contributed by atoms with Crippen LogP contribution in [0.25, 0.3) is 0 Å². The van der Waals surface area contributed by atoms with E-state index >= 15 is 0 Å². The van der Waals surface area contributed by atoms with Gasteiger partial charge >= 0.3 is 0 Å². The molecular formula is C57H82O3Si2. The van der Waals surface area contributed by atoms with Crippen molar-refractivity contribution in [1.29, 1.82) is 0 Å². The van der Waals surface area contributed by atoms with Gasteiger partial charge in [0.2, 0.25) is 0 Å².